The van der Waals surface area contributed by atoms with Gasteiger partial charge >= 0.3 is 29.6 Å². The van der Waals surface area contributed by atoms with Gasteiger partial charge in [0.1, 0.15) is 0 Å². The third-order valence-electron chi connectivity index (χ3n) is 0.926. The molecule has 0 aromatic carbocycles. The predicted octanol–water partition coefficient (Wildman–Crippen LogP) is -2.97. The second kappa shape index (κ2) is 4.48. The van der Waals surface area contributed by atoms with E-state index in [-0.39, 0.29) is 37.0 Å². The van der Waals surface area contributed by atoms with E-state index in [1.807, 2.05) is 0 Å². The Balaban J connectivity index is 0. The summed E-state index contributed by atoms with van der Waals surface area (Å²) >= 11 is 0. The zero-order valence-corrected chi connectivity index (χ0v) is 8.22. The number of rotatable bonds is 1. The van der Waals surface area contributed by atoms with Crippen molar-refractivity contribution in [3.8, 4) is 6.01 Å². The molecule has 0 atom stereocenters. The first-order valence-corrected chi connectivity index (χ1v) is 2.53. The van der Waals surface area contributed by atoms with Crippen LogP contribution in [-0.2, 0) is 0 Å². The van der Waals surface area contributed by atoms with Crippen LogP contribution in [-0.4, -0.2) is 17.1 Å². The SMILES string of the molecule is COc1ncc(F)c(=O)[nH]1.[H-].[Na+]. The number of hydrogen-bond donors (Lipinski definition) is 1. The van der Waals surface area contributed by atoms with Crippen molar-refractivity contribution in [1.29, 1.82) is 0 Å². The molecule has 1 N–H and O–H groups in total. The maximum Gasteiger partial charge on any atom is 1.00 e. The van der Waals surface area contributed by atoms with Crippen LogP contribution in [0.15, 0.2) is 11.0 Å². The summed E-state index contributed by atoms with van der Waals surface area (Å²) in [4.78, 5) is 15.9. The molecule has 1 heterocycles. The number of methoxy groups -OCH3 is 1. The molecule has 0 radical (unpaired) electrons. The molecule has 4 nitrogen and oxygen atoms in total. The Hall–Kier alpha value is -0.390. The van der Waals surface area contributed by atoms with Crippen LogP contribution in [0.2, 0.25) is 0 Å². The standard InChI is InChI=1S/C5H5FN2O2.Na.H/c1-10-5-7-2-3(6)4(9)8-5;;/h2H,1H3,(H,7,8,9);;/q;+1;-1. The molecule has 1 aromatic rings. The Bertz CT molecular complexity index is 293. The van der Waals surface area contributed by atoms with Crippen molar-refractivity contribution in [3.05, 3.63) is 22.4 Å². The van der Waals surface area contributed by atoms with Crippen LogP contribution in [0.25, 0.3) is 0 Å². The van der Waals surface area contributed by atoms with Crippen molar-refractivity contribution < 1.29 is 40.1 Å². The number of nitrogens with zero attached hydrogens (tertiary/aromatic N) is 1. The minimum Gasteiger partial charge on any atom is -1.00 e. The van der Waals surface area contributed by atoms with Crippen LogP contribution in [0.3, 0.4) is 0 Å². The summed E-state index contributed by atoms with van der Waals surface area (Å²) in [6, 6.07) is 0.00593. The summed E-state index contributed by atoms with van der Waals surface area (Å²) in [6.07, 6.45) is 0.803. The minimum absolute atomic E-state index is 0. The van der Waals surface area contributed by atoms with E-state index in [9.17, 15) is 9.18 Å². The number of aromatic nitrogens is 2. The number of halogens is 1. The fourth-order valence-electron chi connectivity index (χ4n) is 0.467. The van der Waals surface area contributed by atoms with Crippen molar-refractivity contribution in [2.75, 3.05) is 7.11 Å². The van der Waals surface area contributed by atoms with E-state index < -0.39 is 11.4 Å². The third-order valence-corrected chi connectivity index (χ3v) is 0.926. The molecule has 1 aromatic heterocycles. The smallest absolute Gasteiger partial charge is 1.00 e. The molecule has 0 aliphatic heterocycles. The van der Waals surface area contributed by atoms with E-state index in [4.69, 9.17) is 0 Å². The summed E-state index contributed by atoms with van der Waals surface area (Å²) in [7, 11) is 1.33. The molecule has 6 heteroatoms. The van der Waals surface area contributed by atoms with Crippen molar-refractivity contribution in [2.45, 2.75) is 0 Å². The predicted molar refractivity (Wildman–Crippen MR) is 32.5 cm³/mol. The topological polar surface area (TPSA) is 55.0 Å². The van der Waals surface area contributed by atoms with Gasteiger partial charge in [0, 0.05) is 0 Å². The van der Waals surface area contributed by atoms with Gasteiger partial charge in [-0.1, -0.05) is 0 Å². The average Bonchev–Trinajstić information content (AvgIpc) is 1.95. The Morgan fingerprint density at radius 2 is 2.45 bits per heavy atom. The van der Waals surface area contributed by atoms with Crippen LogP contribution < -0.4 is 39.9 Å². The van der Waals surface area contributed by atoms with Crippen LogP contribution in [0.5, 0.6) is 6.01 Å². The Morgan fingerprint density at radius 1 is 1.82 bits per heavy atom. The summed E-state index contributed by atoms with van der Waals surface area (Å²) < 4.78 is 16.7. The van der Waals surface area contributed by atoms with Crippen LogP contribution >= 0.6 is 0 Å². The van der Waals surface area contributed by atoms with Gasteiger partial charge < -0.3 is 6.16 Å². The first-order valence-electron chi connectivity index (χ1n) is 2.53. The molecule has 0 unspecified atom stereocenters. The molecule has 0 amide bonds. The third kappa shape index (κ3) is 2.61. The second-order valence-corrected chi connectivity index (χ2v) is 1.57. The summed E-state index contributed by atoms with van der Waals surface area (Å²) in [6.45, 7) is 0. The van der Waals surface area contributed by atoms with Crippen molar-refractivity contribution in [1.82, 2.24) is 9.97 Å². The van der Waals surface area contributed by atoms with Gasteiger partial charge in [0.05, 0.1) is 13.3 Å². The number of H-pyrrole nitrogens is 1. The maximum atomic E-state index is 12.2. The van der Waals surface area contributed by atoms with E-state index >= 15 is 0 Å². The molecule has 0 aliphatic rings. The van der Waals surface area contributed by atoms with Gasteiger partial charge in [-0.25, -0.2) is 4.98 Å². The van der Waals surface area contributed by atoms with Crippen LogP contribution in [0.4, 0.5) is 4.39 Å². The number of hydrogen-bond acceptors (Lipinski definition) is 3. The molecule has 0 spiro atoms. The fraction of sp³-hybridized carbons (Fsp3) is 0.200. The van der Waals surface area contributed by atoms with Crippen LogP contribution in [0, 0.1) is 5.82 Å². The van der Waals surface area contributed by atoms with Gasteiger partial charge in [0.15, 0.2) is 0 Å². The fourth-order valence-corrected chi connectivity index (χ4v) is 0.467. The van der Waals surface area contributed by atoms with E-state index in [0.29, 0.717) is 0 Å². The molecule has 11 heavy (non-hydrogen) atoms. The van der Waals surface area contributed by atoms with Gasteiger partial charge in [0.2, 0.25) is 5.82 Å². The van der Waals surface area contributed by atoms with Gasteiger partial charge in [-0.2, -0.15) is 4.39 Å². The number of ether oxygens (including phenoxy) is 1. The number of nitrogens with one attached hydrogen (secondary N) is 1. The molecular weight excluding hydrogens is 162 g/mol. The van der Waals surface area contributed by atoms with Gasteiger partial charge in [-0.3, -0.25) is 9.78 Å². The molecular formula is C5H6FN2NaO2. The molecule has 0 saturated carbocycles. The summed E-state index contributed by atoms with van der Waals surface area (Å²) in [5.41, 5.74) is -0.827. The normalized spacial score (nSPS) is 8.55. The van der Waals surface area contributed by atoms with E-state index in [0.717, 1.165) is 6.20 Å². The van der Waals surface area contributed by atoms with Crippen molar-refractivity contribution in [3.63, 3.8) is 0 Å². The van der Waals surface area contributed by atoms with Crippen molar-refractivity contribution in [2.24, 2.45) is 0 Å². The molecule has 56 valence electrons. The largest absolute Gasteiger partial charge is 1.00 e. The van der Waals surface area contributed by atoms with E-state index in [1.54, 1.807) is 0 Å². The zero-order chi connectivity index (χ0) is 7.56. The molecule has 1 rings (SSSR count). The van der Waals surface area contributed by atoms with Gasteiger partial charge in [-0.05, 0) is 0 Å². The van der Waals surface area contributed by atoms with Gasteiger partial charge in [-0.15, -0.1) is 0 Å². The monoisotopic (exact) mass is 168 g/mol. The minimum atomic E-state index is -0.916. The van der Waals surface area contributed by atoms with E-state index in [2.05, 4.69) is 14.7 Å². The average molecular weight is 168 g/mol. The summed E-state index contributed by atoms with van der Waals surface area (Å²) in [5, 5.41) is 0. The first kappa shape index (κ1) is 10.6. The quantitative estimate of drug-likeness (QED) is 0.456. The molecule has 0 aliphatic carbocycles. The first-order chi connectivity index (χ1) is 4.74. The molecule has 0 fully saturated rings. The molecule has 0 bridgehead atoms. The maximum absolute atomic E-state index is 12.2. The van der Waals surface area contributed by atoms with Crippen LogP contribution in [0.1, 0.15) is 1.43 Å². The Morgan fingerprint density at radius 3 is 2.91 bits per heavy atom. The van der Waals surface area contributed by atoms with E-state index in [1.165, 1.54) is 7.11 Å². The Kier molecular flexibility index (Phi) is 4.32. The van der Waals surface area contributed by atoms with Crippen molar-refractivity contribution >= 4 is 0 Å². The van der Waals surface area contributed by atoms with Gasteiger partial charge in [0.25, 0.3) is 11.6 Å². The molecule has 0 saturated heterocycles. The second-order valence-electron chi connectivity index (χ2n) is 1.57. The summed E-state index contributed by atoms with van der Waals surface area (Å²) in [5.74, 6) is -0.916. The Labute approximate surface area is 85.6 Å². The zero-order valence-electron chi connectivity index (χ0n) is 7.22. The number of aromatic amines is 1.